The van der Waals surface area contributed by atoms with Gasteiger partial charge in [0.15, 0.2) is 0 Å². The number of hydrogen-bond acceptors (Lipinski definition) is 12. The lowest BCUT2D eigenvalue weighted by atomic mass is 9.71. The third-order valence-electron chi connectivity index (χ3n) is 5.28. The molecule has 1 aliphatic rings. The van der Waals surface area contributed by atoms with E-state index in [2.05, 4.69) is 13.6 Å². The molecule has 1 saturated heterocycles. The number of rotatable bonds is 10. The maximum atomic E-state index is 12.3. The van der Waals surface area contributed by atoms with Crippen LogP contribution in [0.15, 0.2) is 17.1 Å². The van der Waals surface area contributed by atoms with Crippen molar-refractivity contribution in [3.8, 4) is 0 Å². The van der Waals surface area contributed by atoms with Gasteiger partial charge in [-0.2, -0.15) is 13.6 Å². The fourth-order valence-corrected chi connectivity index (χ4v) is 6.44. The maximum absolute atomic E-state index is 12.3. The molecule has 1 fully saturated rings. The van der Waals surface area contributed by atoms with Crippen LogP contribution in [-0.4, -0.2) is 64.3 Å². The molecule has 1 aliphatic heterocycles. The van der Waals surface area contributed by atoms with E-state index in [1.165, 1.54) is 33.0 Å². The molecule has 6 atom stereocenters. The first-order chi connectivity index (χ1) is 15.3. The quantitative estimate of drug-likeness (QED) is 0.179. The molecule has 0 radical (unpaired) electrons. The Hall–Kier alpha value is -1.03. The number of aromatic nitrogens is 2. The molecule has 20 heteroatoms. The Balaban J connectivity index is 2.39. The van der Waals surface area contributed by atoms with Crippen LogP contribution in [0.2, 0.25) is 0 Å². The summed E-state index contributed by atoms with van der Waals surface area (Å²) in [6, 6.07) is 1.28. The van der Waals surface area contributed by atoms with Gasteiger partial charge in [-0.3, -0.25) is 9.09 Å². The molecule has 0 bridgehead atoms. The van der Waals surface area contributed by atoms with Gasteiger partial charge in [0, 0.05) is 17.5 Å². The standard InChI is InChI=1S/C14H26N3O14P3/c1-8-10(19)14(13(2,3)6-18,29-11(8)17-5-4-9(15)16-12(17)20)7-28-33(24,25)31-34(26,27)30-32(21,22)23/h4-5,8,10-11,18-19H,6-7H2,1-3H3,(H,24,25)(H,26,27)(H2,15,16,20)(H2,21,22,23). The van der Waals surface area contributed by atoms with Crippen molar-refractivity contribution in [2.24, 2.45) is 11.3 Å². The van der Waals surface area contributed by atoms with Crippen molar-refractivity contribution >= 4 is 29.3 Å². The highest BCUT2D eigenvalue weighted by Gasteiger charge is 2.62. The lowest BCUT2D eigenvalue weighted by Gasteiger charge is -2.44. The number of anilines is 1. The minimum atomic E-state index is -5.78. The molecule has 0 amide bonds. The van der Waals surface area contributed by atoms with Crippen LogP contribution in [0.1, 0.15) is 27.0 Å². The Morgan fingerprint density at radius 3 is 2.29 bits per heavy atom. The van der Waals surface area contributed by atoms with E-state index in [4.69, 9.17) is 24.8 Å². The summed E-state index contributed by atoms with van der Waals surface area (Å²) in [5.41, 5.74) is 1.19. The fraction of sp³-hybridized carbons (Fsp3) is 0.714. The van der Waals surface area contributed by atoms with Crippen LogP contribution < -0.4 is 11.4 Å². The van der Waals surface area contributed by atoms with Crippen molar-refractivity contribution in [3.05, 3.63) is 22.7 Å². The van der Waals surface area contributed by atoms with Crippen LogP contribution in [0.3, 0.4) is 0 Å². The SMILES string of the molecule is CC1C(n2ccc(N)nc2=O)OC(COP(=O)(O)OP(=O)(O)OP(=O)(O)O)(C(C)(C)CO)C1O. The van der Waals surface area contributed by atoms with E-state index in [1.54, 1.807) is 0 Å². The predicted molar refractivity (Wildman–Crippen MR) is 112 cm³/mol. The highest BCUT2D eigenvalue weighted by atomic mass is 31.3. The average molecular weight is 553 g/mol. The molecular weight excluding hydrogens is 527 g/mol. The fourth-order valence-electron chi connectivity index (χ4n) is 3.39. The Kier molecular flexibility index (Phi) is 8.41. The van der Waals surface area contributed by atoms with Gasteiger partial charge in [-0.05, 0) is 6.07 Å². The summed E-state index contributed by atoms with van der Waals surface area (Å²) >= 11 is 0. The maximum Gasteiger partial charge on any atom is 0.490 e. The Morgan fingerprint density at radius 2 is 1.79 bits per heavy atom. The van der Waals surface area contributed by atoms with Gasteiger partial charge in [-0.1, -0.05) is 20.8 Å². The van der Waals surface area contributed by atoms with E-state index in [1.807, 2.05) is 0 Å². The van der Waals surface area contributed by atoms with E-state index in [0.717, 1.165) is 4.57 Å². The van der Waals surface area contributed by atoms with Crippen LogP contribution in [0, 0.1) is 11.3 Å². The minimum Gasteiger partial charge on any atom is -0.396 e. The molecule has 0 saturated carbocycles. The normalized spacial score (nSPS) is 29.5. The van der Waals surface area contributed by atoms with Crippen molar-refractivity contribution in [2.45, 2.75) is 38.7 Å². The highest BCUT2D eigenvalue weighted by Crippen LogP contribution is 2.67. The van der Waals surface area contributed by atoms with Crippen LogP contribution in [0.25, 0.3) is 0 Å². The van der Waals surface area contributed by atoms with Crippen LogP contribution in [0.5, 0.6) is 0 Å². The largest absolute Gasteiger partial charge is 0.490 e. The Bertz CT molecular complexity index is 1100. The van der Waals surface area contributed by atoms with E-state index in [9.17, 15) is 38.5 Å². The van der Waals surface area contributed by atoms with Crippen LogP contribution in [-0.2, 0) is 31.6 Å². The van der Waals surface area contributed by atoms with Gasteiger partial charge in [0.25, 0.3) is 0 Å². The zero-order chi connectivity index (χ0) is 26.3. The van der Waals surface area contributed by atoms with Gasteiger partial charge >= 0.3 is 29.2 Å². The molecule has 17 nitrogen and oxygen atoms in total. The molecular formula is C14H26N3O14P3. The molecule has 34 heavy (non-hydrogen) atoms. The number of nitrogens with zero attached hydrogens (tertiary/aromatic N) is 2. The molecule has 196 valence electrons. The van der Waals surface area contributed by atoms with Gasteiger partial charge in [-0.15, -0.1) is 0 Å². The Labute approximate surface area is 192 Å². The summed E-state index contributed by atoms with van der Waals surface area (Å²) in [4.78, 5) is 52.2. The van der Waals surface area contributed by atoms with Crippen LogP contribution in [0.4, 0.5) is 5.82 Å². The van der Waals surface area contributed by atoms with Crippen LogP contribution >= 0.6 is 23.5 Å². The van der Waals surface area contributed by atoms with E-state index >= 15 is 0 Å². The average Bonchev–Trinajstić information content (AvgIpc) is 2.90. The van der Waals surface area contributed by atoms with Crippen molar-refractivity contribution in [1.82, 2.24) is 9.55 Å². The number of nitrogens with two attached hydrogens (primary N) is 1. The number of phosphoric acid groups is 3. The summed E-state index contributed by atoms with van der Waals surface area (Å²) in [7, 11) is -17.0. The van der Waals surface area contributed by atoms with Crippen molar-refractivity contribution in [3.63, 3.8) is 0 Å². The molecule has 0 spiro atoms. The zero-order valence-corrected chi connectivity index (χ0v) is 20.7. The highest BCUT2D eigenvalue weighted by molar-refractivity contribution is 7.66. The second kappa shape index (κ2) is 9.79. The lowest BCUT2D eigenvalue weighted by Crippen LogP contribution is -2.57. The first-order valence-electron chi connectivity index (χ1n) is 9.36. The number of ether oxygens (including phenoxy) is 1. The molecule has 0 aliphatic carbocycles. The number of aliphatic hydroxyl groups is 2. The van der Waals surface area contributed by atoms with Crippen molar-refractivity contribution in [1.29, 1.82) is 0 Å². The topological polar surface area (TPSA) is 270 Å². The molecule has 0 aromatic carbocycles. The number of aliphatic hydroxyl groups excluding tert-OH is 2. The zero-order valence-electron chi connectivity index (χ0n) is 18.1. The summed E-state index contributed by atoms with van der Waals surface area (Å²) < 4.78 is 53.5. The van der Waals surface area contributed by atoms with Gasteiger partial charge in [0.1, 0.15) is 17.6 Å². The predicted octanol–water partition coefficient (Wildman–Crippen LogP) is -0.548. The molecule has 1 aromatic rings. The monoisotopic (exact) mass is 553 g/mol. The van der Waals surface area contributed by atoms with Gasteiger partial charge in [0.05, 0.1) is 19.3 Å². The first kappa shape index (κ1) is 29.2. The van der Waals surface area contributed by atoms with Crippen molar-refractivity contribution in [2.75, 3.05) is 18.9 Å². The van der Waals surface area contributed by atoms with Gasteiger partial charge in [-0.25, -0.2) is 18.5 Å². The summed E-state index contributed by atoms with van der Waals surface area (Å²) in [6.45, 7) is 2.55. The second-order valence-corrected chi connectivity index (χ2v) is 12.6. The summed E-state index contributed by atoms with van der Waals surface area (Å²) in [6.07, 6.45) is -1.54. The molecule has 6 unspecified atom stereocenters. The van der Waals surface area contributed by atoms with E-state index in [-0.39, 0.29) is 5.82 Å². The number of hydrogen-bond donors (Lipinski definition) is 7. The van der Waals surface area contributed by atoms with Gasteiger partial charge in [0.2, 0.25) is 0 Å². The summed E-state index contributed by atoms with van der Waals surface area (Å²) in [5, 5.41) is 20.9. The third kappa shape index (κ3) is 6.39. The van der Waals surface area contributed by atoms with E-state index in [0.29, 0.717) is 0 Å². The number of phosphoric ester groups is 1. The molecule has 2 heterocycles. The summed E-state index contributed by atoms with van der Waals surface area (Å²) in [5.74, 6) is -0.972. The number of nitrogen functional groups attached to an aromatic ring is 1. The lowest BCUT2D eigenvalue weighted by molar-refractivity contribution is -0.195. The van der Waals surface area contributed by atoms with Gasteiger partial charge < -0.3 is 40.3 Å². The van der Waals surface area contributed by atoms with E-state index < -0.39 is 71.6 Å². The minimum absolute atomic E-state index is 0.0814. The second-order valence-electron chi connectivity index (χ2n) is 8.15. The smallest absolute Gasteiger partial charge is 0.396 e. The first-order valence-corrected chi connectivity index (χ1v) is 13.9. The molecule has 2 rings (SSSR count). The molecule has 1 aromatic heterocycles. The van der Waals surface area contributed by atoms with Crippen molar-refractivity contribution < 1.29 is 61.4 Å². The third-order valence-corrected chi connectivity index (χ3v) is 9.06. The molecule has 8 N–H and O–H groups in total. The Morgan fingerprint density at radius 1 is 1.21 bits per heavy atom.